The Kier molecular flexibility index (Phi) is 8.33. The topological polar surface area (TPSA) is 93.9 Å². The largest absolute Gasteiger partial charge is 0.493 e. The predicted molar refractivity (Wildman–Crippen MR) is 121 cm³/mol. The number of ketones is 1. The molecule has 1 aliphatic rings. The highest BCUT2D eigenvalue weighted by atomic mass is 32.2. The van der Waals surface area contributed by atoms with E-state index in [1.54, 1.807) is 12.1 Å². The smallest absolute Gasteiger partial charge is 0.204 e. The van der Waals surface area contributed by atoms with Gasteiger partial charge in [-0.25, -0.2) is 4.98 Å². The van der Waals surface area contributed by atoms with Gasteiger partial charge in [0.15, 0.2) is 17.3 Å². The number of morpholine rings is 1. The van der Waals surface area contributed by atoms with Gasteiger partial charge in [-0.1, -0.05) is 0 Å². The second-order valence-corrected chi connectivity index (χ2v) is 8.04. The molecule has 0 bridgehead atoms. The van der Waals surface area contributed by atoms with Crippen molar-refractivity contribution in [1.82, 2.24) is 9.88 Å². The van der Waals surface area contributed by atoms with Crippen LogP contribution in [-0.2, 0) is 11.3 Å². The molecule has 0 spiro atoms. The monoisotopic (exact) mass is 457 g/mol. The lowest BCUT2D eigenvalue weighted by Crippen LogP contribution is -2.44. The Morgan fingerprint density at radius 3 is 2.75 bits per heavy atom. The number of methoxy groups -OCH3 is 2. The summed E-state index contributed by atoms with van der Waals surface area (Å²) in [4.78, 5) is 18.9. The Bertz CT molecular complexity index is 1010. The summed E-state index contributed by atoms with van der Waals surface area (Å²) in [6.45, 7) is 4.39. The van der Waals surface area contributed by atoms with Crippen LogP contribution in [0.1, 0.15) is 28.5 Å². The summed E-state index contributed by atoms with van der Waals surface area (Å²) in [5.41, 5.74) is 1.92. The van der Waals surface area contributed by atoms with Gasteiger partial charge in [-0.05, 0) is 37.4 Å². The second kappa shape index (κ2) is 11.2. The van der Waals surface area contributed by atoms with Crippen LogP contribution in [-0.4, -0.2) is 68.5 Å². The molecule has 3 rings (SSSR count). The molecule has 1 aromatic heterocycles. The minimum atomic E-state index is -0.183. The average Bonchev–Trinajstić information content (AvgIpc) is 2.81. The van der Waals surface area contributed by atoms with Crippen LogP contribution in [0.3, 0.4) is 0 Å². The summed E-state index contributed by atoms with van der Waals surface area (Å²) >= 11 is 1.47. The van der Waals surface area contributed by atoms with Gasteiger partial charge >= 0.3 is 0 Å². The van der Waals surface area contributed by atoms with E-state index in [0.717, 1.165) is 17.3 Å². The maximum atomic E-state index is 12.1. The molecular weight excluding hydrogens is 430 g/mol. The van der Waals surface area contributed by atoms with E-state index in [0.29, 0.717) is 48.1 Å². The lowest BCUT2D eigenvalue weighted by Gasteiger charge is -2.32. The van der Waals surface area contributed by atoms with Gasteiger partial charge in [0, 0.05) is 19.6 Å². The van der Waals surface area contributed by atoms with Crippen molar-refractivity contribution < 1.29 is 23.7 Å². The number of Topliss-reactive ketones (excluding diaryl/α,β-unsaturated/α-hetero) is 1. The minimum Gasteiger partial charge on any atom is -0.493 e. The zero-order chi connectivity index (χ0) is 23.1. The van der Waals surface area contributed by atoms with E-state index in [1.165, 1.54) is 32.9 Å². The van der Waals surface area contributed by atoms with Crippen LogP contribution in [0, 0.1) is 11.3 Å². The lowest BCUT2D eigenvalue weighted by molar-refractivity contribution is -0.0511. The third-order valence-corrected chi connectivity index (χ3v) is 5.83. The van der Waals surface area contributed by atoms with Crippen molar-refractivity contribution in [1.29, 1.82) is 5.26 Å². The second-order valence-electron chi connectivity index (χ2n) is 7.24. The molecule has 2 aromatic rings. The van der Waals surface area contributed by atoms with Crippen LogP contribution >= 0.6 is 11.8 Å². The van der Waals surface area contributed by atoms with Crippen molar-refractivity contribution in [2.24, 2.45) is 0 Å². The Morgan fingerprint density at radius 1 is 1.28 bits per heavy atom. The molecule has 2 heterocycles. The molecule has 0 saturated carbocycles. The molecule has 0 N–H and O–H groups in total. The van der Waals surface area contributed by atoms with E-state index in [1.807, 2.05) is 18.4 Å². The molecular formula is C23H27N3O5S. The number of thioether (sulfide) groups is 1. The Labute approximate surface area is 192 Å². The quantitative estimate of drug-likeness (QED) is 0.416. The van der Waals surface area contributed by atoms with E-state index < -0.39 is 0 Å². The summed E-state index contributed by atoms with van der Waals surface area (Å²) in [6, 6.07) is 9.23. The maximum Gasteiger partial charge on any atom is 0.204 e. The molecule has 1 saturated heterocycles. The van der Waals surface area contributed by atoms with Crippen molar-refractivity contribution in [3.8, 4) is 23.3 Å². The average molecular weight is 458 g/mol. The Balaban J connectivity index is 1.69. The standard InChI is InChI=1S/C23H27N3O5S/c1-15(27)19-7-8-20(28-2)22(29-3)21(19)31-14-18-13-26(9-10-30-18)12-17-6-5-16(11-24)23(25-17)32-4/h5-8,18H,9-10,12-14H2,1-4H3. The molecule has 1 atom stereocenters. The number of pyridine rings is 1. The first-order chi connectivity index (χ1) is 15.5. The highest BCUT2D eigenvalue weighted by molar-refractivity contribution is 7.98. The Morgan fingerprint density at radius 2 is 2.09 bits per heavy atom. The fraction of sp³-hybridized carbons (Fsp3) is 0.435. The van der Waals surface area contributed by atoms with Crippen LogP contribution in [0.4, 0.5) is 0 Å². The Hall–Kier alpha value is -2.80. The lowest BCUT2D eigenvalue weighted by atomic mass is 10.1. The number of benzene rings is 1. The first-order valence-corrected chi connectivity index (χ1v) is 11.4. The van der Waals surface area contributed by atoms with E-state index in [4.69, 9.17) is 18.9 Å². The van der Waals surface area contributed by atoms with E-state index >= 15 is 0 Å². The number of carbonyl (C=O) groups is 1. The highest BCUT2D eigenvalue weighted by Crippen LogP contribution is 2.40. The van der Waals surface area contributed by atoms with E-state index in [-0.39, 0.29) is 18.5 Å². The minimum absolute atomic E-state index is 0.122. The van der Waals surface area contributed by atoms with Gasteiger partial charge in [-0.2, -0.15) is 5.26 Å². The molecule has 0 amide bonds. The van der Waals surface area contributed by atoms with Crippen molar-refractivity contribution >= 4 is 17.5 Å². The van der Waals surface area contributed by atoms with Crippen LogP contribution in [0.2, 0.25) is 0 Å². The SMILES string of the molecule is COc1ccc(C(C)=O)c(OCC2CN(Cc3ccc(C#N)c(SC)n3)CCO2)c1OC. The molecule has 170 valence electrons. The van der Waals surface area contributed by atoms with Crippen LogP contribution in [0.25, 0.3) is 0 Å². The summed E-state index contributed by atoms with van der Waals surface area (Å²) in [6.07, 6.45) is 1.73. The number of hydrogen-bond donors (Lipinski definition) is 0. The molecule has 1 aromatic carbocycles. The van der Waals surface area contributed by atoms with Gasteiger partial charge < -0.3 is 18.9 Å². The third kappa shape index (κ3) is 5.51. The fourth-order valence-electron chi connectivity index (χ4n) is 3.56. The molecule has 9 heteroatoms. The number of ether oxygens (including phenoxy) is 4. The van der Waals surface area contributed by atoms with Crippen molar-refractivity contribution in [3.63, 3.8) is 0 Å². The van der Waals surface area contributed by atoms with Crippen molar-refractivity contribution in [2.45, 2.75) is 24.6 Å². The third-order valence-electron chi connectivity index (χ3n) is 5.13. The van der Waals surface area contributed by atoms with E-state index in [2.05, 4.69) is 16.0 Å². The first kappa shape index (κ1) is 23.9. The zero-order valence-electron chi connectivity index (χ0n) is 18.7. The molecule has 0 radical (unpaired) electrons. The summed E-state index contributed by atoms with van der Waals surface area (Å²) in [7, 11) is 3.05. The van der Waals surface area contributed by atoms with Crippen LogP contribution in [0.5, 0.6) is 17.2 Å². The number of aromatic nitrogens is 1. The zero-order valence-corrected chi connectivity index (χ0v) is 19.5. The van der Waals surface area contributed by atoms with Crippen LogP contribution < -0.4 is 14.2 Å². The first-order valence-electron chi connectivity index (χ1n) is 10.2. The number of nitriles is 1. The van der Waals surface area contributed by atoms with Gasteiger partial charge in [0.2, 0.25) is 5.75 Å². The van der Waals surface area contributed by atoms with Gasteiger partial charge in [0.1, 0.15) is 23.8 Å². The van der Waals surface area contributed by atoms with Gasteiger partial charge in [0.25, 0.3) is 0 Å². The fourth-order valence-corrected chi connectivity index (χ4v) is 4.10. The predicted octanol–water partition coefficient (Wildman–Crippen LogP) is 3.17. The number of hydrogen-bond acceptors (Lipinski definition) is 9. The van der Waals surface area contributed by atoms with Crippen LogP contribution in [0.15, 0.2) is 29.3 Å². The van der Waals surface area contributed by atoms with Gasteiger partial charge in [-0.3, -0.25) is 9.69 Å². The molecule has 8 nitrogen and oxygen atoms in total. The number of rotatable bonds is 9. The van der Waals surface area contributed by atoms with E-state index in [9.17, 15) is 10.1 Å². The molecule has 32 heavy (non-hydrogen) atoms. The van der Waals surface area contributed by atoms with Gasteiger partial charge in [0.05, 0.1) is 37.6 Å². The van der Waals surface area contributed by atoms with Gasteiger partial charge in [-0.15, -0.1) is 11.8 Å². The highest BCUT2D eigenvalue weighted by Gasteiger charge is 2.25. The molecule has 0 aliphatic carbocycles. The maximum absolute atomic E-state index is 12.1. The summed E-state index contributed by atoms with van der Waals surface area (Å²) < 4.78 is 22.7. The normalized spacial score (nSPS) is 16.3. The molecule has 1 fully saturated rings. The molecule has 1 aliphatic heterocycles. The summed E-state index contributed by atoms with van der Waals surface area (Å²) in [5.74, 6) is 1.12. The summed E-state index contributed by atoms with van der Waals surface area (Å²) in [5, 5.41) is 9.93. The van der Waals surface area contributed by atoms with Crippen molar-refractivity contribution in [2.75, 3.05) is 46.8 Å². The van der Waals surface area contributed by atoms with Crippen molar-refractivity contribution in [3.05, 3.63) is 41.1 Å². The number of nitrogens with zero attached hydrogens (tertiary/aromatic N) is 3. The molecule has 1 unspecified atom stereocenters. The number of carbonyl (C=O) groups excluding carboxylic acids is 1.